The maximum absolute atomic E-state index is 11.9. The number of hydrogen-bond donors (Lipinski definition) is 3. The third-order valence-corrected chi connectivity index (χ3v) is 6.90. The van der Waals surface area contributed by atoms with Crippen molar-refractivity contribution in [2.45, 2.75) is 57.0 Å². The van der Waals surface area contributed by atoms with Crippen LogP contribution in [0.2, 0.25) is 0 Å². The van der Waals surface area contributed by atoms with Gasteiger partial charge in [-0.25, -0.2) is 14.4 Å². The molecule has 0 aromatic rings. The van der Waals surface area contributed by atoms with Crippen molar-refractivity contribution in [1.82, 2.24) is 35.9 Å². The fourth-order valence-corrected chi connectivity index (χ4v) is 4.45. The highest BCUT2D eigenvalue weighted by molar-refractivity contribution is 6.18. The number of amides is 8. The number of nitrogens with zero attached hydrogens (tertiary/aromatic N) is 7. The van der Waals surface area contributed by atoms with Crippen LogP contribution in [0.3, 0.4) is 0 Å². The van der Waals surface area contributed by atoms with Crippen molar-refractivity contribution in [3.63, 3.8) is 0 Å². The minimum atomic E-state index is -0.834. The molecule has 0 spiro atoms. The summed E-state index contributed by atoms with van der Waals surface area (Å²) in [5.41, 5.74) is 0. The first-order valence-electron chi connectivity index (χ1n) is 13.8. The number of imide groups is 1. The van der Waals surface area contributed by atoms with Gasteiger partial charge < -0.3 is 15.5 Å². The molecule has 2 rings (SSSR count). The standard InChI is InChI=1S/C10H18ClN3O2.C8H11ClN4O4.C5H9Cl2N3O2/c1-13(9-5-3-2-4-6-9)10(15)14(12-16)8-7-11;9-3-4-13(12-17)8(16)10-5-1-2-6(14)11-7(5)15;6-1-3-8-5(11)10(9-12)4-2-7/h9H,2-8H2,1H3;5H,1-4H2,(H,10,16)(H,11,14,15);1-4H2,(H,8,11). The zero-order chi connectivity index (χ0) is 34.2. The van der Waals surface area contributed by atoms with Gasteiger partial charge in [0.25, 0.3) is 0 Å². The summed E-state index contributed by atoms with van der Waals surface area (Å²) in [6.07, 6.45) is 5.88. The summed E-state index contributed by atoms with van der Waals surface area (Å²) >= 11 is 21.5. The van der Waals surface area contributed by atoms with E-state index < -0.39 is 24.0 Å². The van der Waals surface area contributed by atoms with Crippen LogP contribution in [0.1, 0.15) is 44.9 Å². The number of carbonyl (C=O) groups is 5. The molecule has 1 aliphatic carbocycles. The topological polar surface area (TPSA) is 223 Å². The van der Waals surface area contributed by atoms with Crippen LogP contribution in [-0.4, -0.2) is 119 Å². The Morgan fingerprint density at radius 2 is 1.29 bits per heavy atom. The quantitative estimate of drug-likeness (QED) is 0.110. The predicted octanol–water partition coefficient (Wildman–Crippen LogP) is 3.47. The largest absolute Gasteiger partial charge is 0.343 e. The summed E-state index contributed by atoms with van der Waals surface area (Å²) in [7, 11) is 1.73. The van der Waals surface area contributed by atoms with E-state index in [0.717, 1.165) is 30.7 Å². The molecule has 0 bridgehead atoms. The molecule has 2 aliphatic rings. The first kappa shape index (κ1) is 41.9. The fraction of sp³-hybridized carbons (Fsp3) is 0.783. The van der Waals surface area contributed by atoms with Gasteiger partial charge in [-0.2, -0.15) is 15.0 Å². The van der Waals surface area contributed by atoms with Crippen molar-refractivity contribution >= 4 is 76.3 Å². The first-order valence-corrected chi connectivity index (χ1v) is 15.9. The van der Waals surface area contributed by atoms with E-state index in [1.54, 1.807) is 11.9 Å². The van der Waals surface area contributed by atoms with E-state index in [9.17, 15) is 38.7 Å². The maximum atomic E-state index is 11.9. The number of nitroso groups, excluding NO2 is 3. The van der Waals surface area contributed by atoms with E-state index in [1.165, 1.54) is 6.42 Å². The molecular weight excluding hydrogens is 686 g/mol. The molecule has 0 aromatic carbocycles. The maximum Gasteiger partial charge on any atom is 0.343 e. The molecule has 3 N–H and O–H groups in total. The lowest BCUT2D eigenvalue weighted by Crippen LogP contribution is -2.54. The molecule has 1 atom stereocenters. The second-order valence-corrected chi connectivity index (χ2v) is 10.8. The van der Waals surface area contributed by atoms with Crippen molar-refractivity contribution in [2.75, 3.05) is 56.7 Å². The molecule has 1 saturated heterocycles. The van der Waals surface area contributed by atoms with Crippen LogP contribution in [-0.2, 0) is 9.59 Å². The second-order valence-electron chi connectivity index (χ2n) is 9.24. The lowest BCUT2D eigenvalue weighted by molar-refractivity contribution is -0.134. The first-order chi connectivity index (χ1) is 21.5. The summed E-state index contributed by atoms with van der Waals surface area (Å²) in [6, 6.07) is -2.33. The Kier molecular flexibility index (Phi) is 23.4. The number of alkyl halides is 4. The van der Waals surface area contributed by atoms with Crippen LogP contribution in [0.4, 0.5) is 14.4 Å². The minimum absolute atomic E-state index is 0.0501. The number of rotatable bonds is 13. The Morgan fingerprint density at radius 1 is 0.778 bits per heavy atom. The summed E-state index contributed by atoms with van der Waals surface area (Å²) in [4.78, 5) is 88.9. The van der Waals surface area contributed by atoms with Crippen LogP contribution in [0.25, 0.3) is 0 Å². The van der Waals surface area contributed by atoms with Crippen molar-refractivity contribution in [2.24, 2.45) is 15.9 Å². The third-order valence-electron chi connectivity index (χ3n) is 6.21. The molecule has 22 heteroatoms. The van der Waals surface area contributed by atoms with Gasteiger partial charge in [0.15, 0.2) is 0 Å². The number of urea groups is 3. The van der Waals surface area contributed by atoms with E-state index in [2.05, 4.69) is 31.8 Å². The molecule has 8 amide bonds. The van der Waals surface area contributed by atoms with Gasteiger partial charge in [0.05, 0.1) is 35.5 Å². The average molecular weight is 724 g/mol. The number of nitrogens with one attached hydrogen (secondary N) is 3. The van der Waals surface area contributed by atoms with Gasteiger partial charge >= 0.3 is 18.1 Å². The molecule has 1 saturated carbocycles. The number of piperidine rings is 1. The third kappa shape index (κ3) is 16.7. The molecular formula is C23H38Cl4N10O8. The van der Waals surface area contributed by atoms with Crippen molar-refractivity contribution in [3.8, 4) is 0 Å². The predicted molar refractivity (Wildman–Crippen MR) is 169 cm³/mol. The Bertz CT molecular complexity index is 980. The van der Waals surface area contributed by atoms with Crippen molar-refractivity contribution in [1.29, 1.82) is 0 Å². The highest BCUT2D eigenvalue weighted by atomic mass is 35.5. The molecule has 256 valence electrons. The van der Waals surface area contributed by atoms with Gasteiger partial charge in [0, 0.05) is 49.6 Å². The molecule has 2 fully saturated rings. The lowest BCUT2D eigenvalue weighted by Gasteiger charge is -2.32. The van der Waals surface area contributed by atoms with Gasteiger partial charge in [-0.1, -0.05) is 19.3 Å². The monoisotopic (exact) mass is 722 g/mol. The van der Waals surface area contributed by atoms with E-state index in [1.807, 2.05) is 0 Å². The molecule has 1 unspecified atom stereocenters. The van der Waals surface area contributed by atoms with Gasteiger partial charge in [-0.3, -0.25) is 14.9 Å². The molecule has 18 nitrogen and oxygen atoms in total. The number of halogens is 4. The summed E-state index contributed by atoms with van der Waals surface area (Å²) in [5.74, 6) is -0.248. The zero-order valence-corrected chi connectivity index (χ0v) is 27.7. The summed E-state index contributed by atoms with van der Waals surface area (Å²) < 4.78 is 0. The van der Waals surface area contributed by atoms with Crippen LogP contribution < -0.4 is 16.0 Å². The number of carbonyl (C=O) groups excluding carboxylic acids is 5. The summed E-state index contributed by atoms with van der Waals surface area (Å²) in [5, 5.41) is 16.6. The number of hydrogen-bond acceptors (Lipinski definition) is 11. The van der Waals surface area contributed by atoms with Crippen molar-refractivity contribution in [3.05, 3.63) is 14.7 Å². The van der Waals surface area contributed by atoms with E-state index >= 15 is 0 Å². The average Bonchev–Trinajstić information content (AvgIpc) is 3.05. The molecule has 0 aromatic heterocycles. The Morgan fingerprint density at radius 3 is 1.76 bits per heavy atom. The minimum Gasteiger partial charge on any atom is -0.335 e. The highest BCUT2D eigenvalue weighted by Crippen LogP contribution is 2.22. The molecule has 1 heterocycles. The van der Waals surface area contributed by atoms with Gasteiger partial charge in [-0.15, -0.1) is 61.1 Å². The van der Waals surface area contributed by atoms with E-state index in [4.69, 9.17) is 46.4 Å². The highest BCUT2D eigenvalue weighted by Gasteiger charge is 2.29. The van der Waals surface area contributed by atoms with E-state index in [0.29, 0.717) is 22.4 Å². The van der Waals surface area contributed by atoms with Crippen LogP contribution in [0.15, 0.2) is 15.9 Å². The Labute approximate surface area is 279 Å². The van der Waals surface area contributed by atoms with E-state index in [-0.39, 0.29) is 68.1 Å². The fourth-order valence-electron chi connectivity index (χ4n) is 3.88. The second kappa shape index (κ2) is 25.1. The smallest absolute Gasteiger partial charge is 0.335 e. The molecule has 1 aliphatic heterocycles. The molecule has 45 heavy (non-hydrogen) atoms. The Hall–Kier alpha value is -3.09. The summed E-state index contributed by atoms with van der Waals surface area (Å²) in [6.45, 7) is 0.513. The van der Waals surface area contributed by atoms with Crippen LogP contribution in [0.5, 0.6) is 0 Å². The van der Waals surface area contributed by atoms with Crippen LogP contribution in [0, 0.1) is 14.7 Å². The van der Waals surface area contributed by atoms with Gasteiger partial charge in [0.1, 0.15) is 6.04 Å². The lowest BCUT2D eigenvalue weighted by atomic mass is 9.95. The molecule has 0 radical (unpaired) electrons. The van der Waals surface area contributed by atoms with Gasteiger partial charge in [-0.05, 0) is 19.3 Å². The van der Waals surface area contributed by atoms with Gasteiger partial charge in [0.2, 0.25) is 11.8 Å². The SMILES string of the molecule is CN(C(=O)N(CCCl)N=O)C1CCCCC1.O=NN(CCCl)C(=O)NC1CCC(=O)NC1=O.O=NN(CCCl)C(=O)NCCCl. The zero-order valence-electron chi connectivity index (χ0n) is 24.7. The van der Waals surface area contributed by atoms with Crippen molar-refractivity contribution < 1.29 is 24.0 Å². The Balaban J connectivity index is 0.000000657. The normalized spacial score (nSPS) is 15.8. The van der Waals surface area contributed by atoms with Crippen LogP contribution >= 0.6 is 46.4 Å².